The van der Waals surface area contributed by atoms with E-state index in [0.717, 1.165) is 22.0 Å². The quantitative estimate of drug-likeness (QED) is 0.438. The number of ether oxygens (including phenoxy) is 2. The van der Waals surface area contributed by atoms with Gasteiger partial charge >= 0.3 is 0 Å². The molecule has 0 saturated heterocycles. The molecule has 0 radical (unpaired) electrons. The van der Waals surface area contributed by atoms with Gasteiger partial charge in [0.2, 0.25) is 0 Å². The van der Waals surface area contributed by atoms with Crippen molar-refractivity contribution >= 4 is 22.3 Å². The first-order valence-electron chi connectivity index (χ1n) is 8.73. The molecule has 0 amide bonds. The van der Waals surface area contributed by atoms with Gasteiger partial charge in [0.15, 0.2) is 0 Å². The van der Waals surface area contributed by atoms with Crippen molar-refractivity contribution in [3.8, 4) is 5.75 Å². The Hall–Kier alpha value is -3.06. The molecule has 0 aliphatic carbocycles. The fraction of sp³-hybridized carbons (Fsp3) is 0.300. The highest BCUT2D eigenvalue weighted by molar-refractivity contribution is 6.00. The summed E-state index contributed by atoms with van der Waals surface area (Å²) in [6.07, 6.45) is 1.69. The number of rotatable bonds is 7. The summed E-state index contributed by atoms with van der Waals surface area (Å²) < 4.78 is 10.7. The molecule has 0 saturated carbocycles. The summed E-state index contributed by atoms with van der Waals surface area (Å²) in [5.41, 5.74) is 9.15. The minimum Gasteiger partial charge on any atom is -0.491 e. The molecule has 142 valence electrons. The zero-order valence-electron chi connectivity index (χ0n) is 15.8. The van der Waals surface area contributed by atoms with Crippen molar-refractivity contribution in [3.05, 3.63) is 57.6 Å². The molecule has 4 N–H and O–H groups in total. The molecular weight excluding hydrogens is 344 g/mol. The second-order valence-electron chi connectivity index (χ2n) is 6.41. The molecule has 3 aromatic rings. The number of methoxy groups -OCH3 is 1. The molecule has 0 aliphatic heterocycles. The minimum atomic E-state index is -0.0941. The third-order valence-corrected chi connectivity index (χ3v) is 4.37. The van der Waals surface area contributed by atoms with E-state index >= 15 is 0 Å². The van der Waals surface area contributed by atoms with Gasteiger partial charge in [-0.05, 0) is 37.6 Å². The van der Waals surface area contributed by atoms with Crippen LogP contribution in [0, 0.1) is 13.8 Å². The summed E-state index contributed by atoms with van der Waals surface area (Å²) in [6, 6.07) is 7.49. The second kappa shape index (κ2) is 8.09. The first kappa shape index (κ1) is 18.7. The summed E-state index contributed by atoms with van der Waals surface area (Å²) in [5, 5.41) is 4.97. The smallest absolute Gasteiger partial charge is 0.253 e. The van der Waals surface area contributed by atoms with Crippen molar-refractivity contribution in [1.29, 1.82) is 0 Å². The number of anilines is 2. The van der Waals surface area contributed by atoms with Crippen molar-refractivity contribution in [2.75, 3.05) is 31.4 Å². The number of fused-ring (bicyclic) bond motifs is 1. The van der Waals surface area contributed by atoms with Gasteiger partial charge in [0.1, 0.15) is 18.2 Å². The summed E-state index contributed by atoms with van der Waals surface area (Å²) in [5.74, 6) is 1.30. The number of nitrogen functional groups attached to an aromatic ring is 1. The van der Waals surface area contributed by atoms with Gasteiger partial charge in [-0.15, -0.1) is 0 Å². The first-order valence-corrected chi connectivity index (χ1v) is 8.73. The molecule has 0 fully saturated rings. The highest BCUT2D eigenvalue weighted by Gasteiger charge is 2.10. The number of nitrogens with one attached hydrogen (secondary N) is 2. The van der Waals surface area contributed by atoms with Crippen LogP contribution in [-0.2, 0) is 11.3 Å². The lowest BCUT2D eigenvalue weighted by molar-refractivity contribution is 0.146. The molecule has 0 bridgehead atoms. The molecule has 0 atom stereocenters. The number of benzene rings is 1. The number of nitrogens with two attached hydrogens (primary N) is 1. The Morgan fingerprint density at radius 1 is 1.19 bits per heavy atom. The SMILES string of the molecule is COCCOc1cc(N)c2ccnc(NCc3c(C)cc(C)[nH]c3=O)c2c1. The number of aromatic amines is 1. The fourth-order valence-electron chi connectivity index (χ4n) is 3.03. The molecule has 3 rings (SSSR count). The molecule has 7 heteroatoms. The number of pyridine rings is 2. The van der Waals surface area contributed by atoms with E-state index in [1.54, 1.807) is 19.4 Å². The van der Waals surface area contributed by atoms with Gasteiger partial charge in [0.05, 0.1) is 6.61 Å². The van der Waals surface area contributed by atoms with Crippen LogP contribution in [0.2, 0.25) is 0 Å². The molecular formula is C20H24N4O3. The van der Waals surface area contributed by atoms with Gasteiger partial charge in [-0.1, -0.05) is 0 Å². The minimum absolute atomic E-state index is 0.0941. The van der Waals surface area contributed by atoms with Gasteiger partial charge in [0, 0.05) is 53.6 Å². The van der Waals surface area contributed by atoms with Crippen LogP contribution in [0.25, 0.3) is 10.8 Å². The van der Waals surface area contributed by atoms with Crippen molar-refractivity contribution in [1.82, 2.24) is 9.97 Å². The number of H-pyrrole nitrogens is 1. The normalized spacial score (nSPS) is 10.9. The second-order valence-corrected chi connectivity index (χ2v) is 6.41. The Bertz CT molecular complexity index is 1010. The molecule has 2 aromatic heterocycles. The maximum atomic E-state index is 12.2. The Labute approximate surface area is 157 Å². The first-order chi connectivity index (χ1) is 13.0. The topological polar surface area (TPSA) is 102 Å². The van der Waals surface area contributed by atoms with Crippen LogP contribution >= 0.6 is 0 Å². The highest BCUT2D eigenvalue weighted by atomic mass is 16.5. The number of hydrogen-bond acceptors (Lipinski definition) is 6. The molecule has 0 unspecified atom stereocenters. The fourth-order valence-corrected chi connectivity index (χ4v) is 3.03. The van der Waals surface area contributed by atoms with Crippen molar-refractivity contribution in [2.24, 2.45) is 0 Å². The van der Waals surface area contributed by atoms with Crippen LogP contribution in [0.15, 0.2) is 35.3 Å². The average molecular weight is 368 g/mol. The monoisotopic (exact) mass is 368 g/mol. The summed E-state index contributed by atoms with van der Waals surface area (Å²) >= 11 is 0. The third-order valence-electron chi connectivity index (χ3n) is 4.37. The van der Waals surface area contributed by atoms with E-state index in [9.17, 15) is 4.79 Å². The van der Waals surface area contributed by atoms with E-state index in [1.165, 1.54) is 0 Å². The lowest BCUT2D eigenvalue weighted by Gasteiger charge is -2.13. The average Bonchev–Trinajstić information content (AvgIpc) is 2.61. The zero-order valence-corrected chi connectivity index (χ0v) is 15.8. The molecule has 0 spiro atoms. The van der Waals surface area contributed by atoms with E-state index in [0.29, 0.717) is 42.6 Å². The van der Waals surface area contributed by atoms with Crippen LogP contribution in [-0.4, -0.2) is 30.3 Å². The Kier molecular flexibility index (Phi) is 5.61. The van der Waals surface area contributed by atoms with Crippen molar-refractivity contribution in [3.63, 3.8) is 0 Å². The Morgan fingerprint density at radius 2 is 2.00 bits per heavy atom. The van der Waals surface area contributed by atoms with E-state index in [1.807, 2.05) is 32.0 Å². The maximum absolute atomic E-state index is 12.2. The van der Waals surface area contributed by atoms with E-state index in [2.05, 4.69) is 15.3 Å². The molecule has 1 aromatic carbocycles. The Morgan fingerprint density at radius 3 is 2.74 bits per heavy atom. The van der Waals surface area contributed by atoms with Crippen LogP contribution in [0.4, 0.5) is 11.5 Å². The van der Waals surface area contributed by atoms with Gasteiger partial charge in [-0.25, -0.2) is 4.98 Å². The van der Waals surface area contributed by atoms with Gasteiger partial charge in [-0.2, -0.15) is 0 Å². The van der Waals surface area contributed by atoms with E-state index in [4.69, 9.17) is 15.2 Å². The standard InChI is InChI=1S/C20H24N4O3/c1-12-8-13(2)24-20(25)17(12)11-23-19-16-9-14(27-7-6-26-3)10-18(21)15(16)4-5-22-19/h4-5,8-10H,6-7,11,21H2,1-3H3,(H,22,23)(H,24,25). The van der Waals surface area contributed by atoms with Gasteiger partial charge < -0.3 is 25.5 Å². The van der Waals surface area contributed by atoms with Crippen LogP contribution in [0.1, 0.15) is 16.8 Å². The third kappa shape index (κ3) is 4.20. The molecule has 27 heavy (non-hydrogen) atoms. The lowest BCUT2D eigenvalue weighted by atomic mass is 10.1. The van der Waals surface area contributed by atoms with Crippen LogP contribution in [0.3, 0.4) is 0 Å². The number of nitrogens with zero attached hydrogens (tertiary/aromatic N) is 1. The number of hydrogen-bond donors (Lipinski definition) is 3. The van der Waals surface area contributed by atoms with E-state index in [-0.39, 0.29) is 5.56 Å². The Balaban J connectivity index is 1.91. The van der Waals surface area contributed by atoms with Gasteiger partial charge in [-0.3, -0.25) is 4.79 Å². The number of aryl methyl sites for hydroxylation is 2. The maximum Gasteiger partial charge on any atom is 0.253 e. The summed E-state index contributed by atoms with van der Waals surface area (Å²) in [7, 11) is 1.62. The van der Waals surface area contributed by atoms with Crippen molar-refractivity contribution in [2.45, 2.75) is 20.4 Å². The predicted octanol–water partition coefficient (Wildman–Crippen LogP) is 2.76. The highest BCUT2D eigenvalue weighted by Crippen LogP contribution is 2.31. The summed E-state index contributed by atoms with van der Waals surface area (Å²) in [4.78, 5) is 19.5. The zero-order chi connectivity index (χ0) is 19.4. The predicted molar refractivity (Wildman–Crippen MR) is 107 cm³/mol. The lowest BCUT2D eigenvalue weighted by Crippen LogP contribution is -2.18. The molecule has 0 aliphatic rings. The largest absolute Gasteiger partial charge is 0.491 e. The van der Waals surface area contributed by atoms with Crippen LogP contribution < -0.4 is 21.3 Å². The number of aromatic nitrogens is 2. The van der Waals surface area contributed by atoms with Crippen molar-refractivity contribution < 1.29 is 9.47 Å². The molecule has 2 heterocycles. The van der Waals surface area contributed by atoms with Crippen LogP contribution in [0.5, 0.6) is 5.75 Å². The van der Waals surface area contributed by atoms with Gasteiger partial charge in [0.25, 0.3) is 5.56 Å². The molecule has 7 nitrogen and oxygen atoms in total. The summed E-state index contributed by atoms with van der Waals surface area (Å²) in [6.45, 7) is 5.08. The van der Waals surface area contributed by atoms with E-state index < -0.39 is 0 Å².